The van der Waals surface area contributed by atoms with Crippen LogP contribution in [0.4, 0.5) is 5.69 Å². The predicted molar refractivity (Wildman–Crippen MR) is 83.8 cm³/mol. The number of anilines is 1. The van der Waals surface area contributed by atoms with Gasteiger partial charge in [-0.1, -0.05) is 24.0 Å². The Morgan fingerprint density at radius 2 is 2.25 bits per heavy atom. The molecule has 1 aromatic heterocycles. The summed E-state index contributed by atoms with van der Waals surface area (Å²) < 4.78 is 0. The topological polar surface area (TPSA) is 55.1 Å². The quantitative estimate of drug-likeness (QED) is 0.851. The minimum atomic E-state index is -0.0194. The normalized spacial score (nSPS) is 9.70. The Labute approximate surface area is 122 Å². The Balaban J connectivity index is 2.07. The van der Waals surface area contributed by atoms with Gasteiger partial charge in [-0.25, -0.2) is 0 Å². The summed E-state index contributed by atoms with van der Waals surface area (Å²) in [6.07, 6.45) is 0.398. The van der Waals surface area contributed by atoms with Crippen molar-refractivity contribution < 1.29 is 4.79 Å². The Hall–Kier alpha value is -2.09. The van der Waals surface area contributed by atoms with Crippen LogP contribution in [0.25, 0.3) is 0 Å². The lowest BCUT2D eigenvalue weighted by Crippen LogP contribution is -2.13. The molecule has 20 heavy (non-hydrogen) atoms. The second-order valence-corrected chi connectivity index (χ2v) is 5.37. The van der Waals surface area contributed by atoms with E-state index < -0.39 is 0 Å². The Morgan fingerprint density at radius 1 is 1.40 bits per heavy atom. The molecule has 3 nitrogen and oxygen atoms in total. The fourth-order valence-corrected chi connectivity index (χ4v) is 2.46. The summed E-state index contributed by atoms with van der Waals surface area (Å²) in [7, 11) is 0. The number of benzene rings is 1. The predicted octanol–water partition coefficient (Wildman–Crippen LogP) is 2.55. The minimum Gasteiger partial charge on any atom is -0.326 e. The van der Waals surface area contributed by atoms with E-state index in [1.54, 1.807) is 11.3 Å². The lowest BCUT2D eigenvalue weighted by Gasteiger charge is -2.06. The maximum absolute atomic E-state index is 11.9. The molecular formula is C16H16N2OS. The lowest BCUT2D eigenvalue weighted by atomic mass is 10.1. The van der Waals surface area contributed by atoms with E-state index in [9.17, 15) is 4.79 Å². The van der Waals surface area contributed by atoms with Crippen LogP contribution < -0.4 is 11.1 Å². The second kappa shape index (κ2) is 6.90. The summed E-state index contributed by atoms with van der Waals surface area (Å²) in [5.74, 6) is 5.82. The molecule has 0 spiro atoms. The van der Waals surface area contributed by atoms with Crippen molar-refractivity contribution in [2.24, 2.45) is 5.73 Å². The van der Waals surface area contributed by atoms with E-state index in [0.29, 0.717) is 13.0 Å². The Morgan fingerprint density at radius 3 is 2.95 bits per heavy atom. The monoisotopic (exact) mass is 284 g/mol. The van der Waals surface area contributed by atoms with Crippen LogP contribution in [0.1, 0.15) is 16.0 Å². The minimum absolute atomic E-state index is 0.0194. The van der Waals surface area contributed by atoms with Gasteiger partial charge < -0.3 is 11.1 Å². The van der Waals surface area contributed by atoms with Crippen molar-refractivity contribution in [1.29, 1.82) is 0 Å². The SMILES string of the molecule is Cc1ccc(NC(=O)Cc2cccs2)cc1C#CCN. The molecule has 3 N–H and O–H groups in total. The smallest absolute Gasteiger partial charge is 0.229 e. The van der Waals surface area contributed by atoms with Gasteiger partial charge in [0.1, 0.15) is 0 Å². The zero-order chi connectivity index (χ0) is 14.4. The number of thiophene rings is 1. The molecular weight excluding hydrogens is 268 g/mol. The van der Waals surface area contributed by atoms with Crippen LogP contribution in [0, 0.1) is 18.8 Å². The first-order valence-corrected chi connectivity index (χ1v) is 7.19. The van der Waals surface area contributed by atoms with Crippen LogP contribution in [0.5, 0.6) is 0 Å². The van der Waals surface area contributed by atoms with E-state index in [1.807, 2.05) is 42.6 Å². The number of hydrogen-bond acceptors (Lipinski definition) is 3. The first-order valence-electron chi connectivity index (χ1n) is 6.31. The standard InChI is InChI=1S/C16H16N2OS/c1-12-6-7-14(10-13(12)4-2-8-17)18-16(19)11-15-5-3-9-20-15/h3,5-7,9-10H,8,11,17H2,1H3,(H,18,19). The van der Waals surface area contributed by atoms with Crippen molar-refractivity contribution in [2.75, 3.05) is 11.9 Å². The van der Waals surface area contributed by atoms with Crippen LogP contribution in [-0.4, -0.2) is 12.5 Å². The average Bonchev–Trinajstić information content (AvgIpc) is 2.92. The molecule has 102 valence electrons. The highest BCUT2D eigenvalue weighted by molar-refractivity contribution is 7.10. The molecule has 0 aliphatic rings. The highest BCUT2D eigenvalue weighted by Crippen LogP contribution is 2.16. The van der Waals surface area contributed by atoms with Gasteiger partial charge >= 0.3 is 0 Å². The van der Waals surface area contributed by atoms with Crippen LogP contribution in [0.15, 0.2) is 35.7 Å². The molecule has 2 aromatic rings. The van der Waals surface area contributed by atoms with Crippen molar-refractivity contribution in [2.45, 2.75) is 13.3 Å². The van der Waals surface area contributed by atoms with E-state index in [2.05, 4.69) is 17.2 Å². The maximum Gasteiger partial charge on any atom is 0.229 e. The number of carbonyl (C=O) groups is 1. The van der Waals surface area contributed by atoms with E-state index in [1.165, 1.54) is 0 Å². The van der Waals surface area contributed by atoms with Crippen LogP contribution >= 0.6 is 11.3 Å². The van der Waals surface area contributed by atoms with Gasteiger partial charge in [0.2, 0.25) is 5.91 Å². The molecule has 0 unspecified atom stereocenters. The summed E-state index contributed by atoms with van der Waals surface area (Å²) >= 11 is 1.58. The lowest BCUT2D eigenvalue weighted by molar-refractivity contribution is -0.115. The summed E-state index contributed by atoms with van der Waals surface area (Å²) in [4.78, 5) is 13.0. The first-order chi connectivity index (χ1) is 9.69. The van der Waals surface area contributed by atoms with Crippen LogP contribution in [0.3, 0.4) is 0 Å². The zero-order valence-corrected chi connectivity index (χ0v) is 12.1. The van der Waals surface area contributed by atoms with Gasteiger partial charge in [0.25, 0.3) is 0 Å². The average molecular weight is 284 g/mol. The molecule has 0 aliphatic heterocycles. The first kappa shape index (κ1) is 14.3. The largest absolute Gasteiger partial charge is 0.326 e. The third-order valence-corrected chi connectivity index (χ3v) is 3.64. The van der Waals surface area contributed by atoms with Crippen molar-refractivity contribution in [1.82, 2.24) is 0 Å². The molecule has 0 aliphatic carbocycles. The number of nitrogens with one attached hydrogen (secondary N) is 1. The summed E-state index contributed by atoms with van der Waals surface area (Å²) in [5, 5.41) is 4.86. The highest BCUT2D eigenvalue weighted by atomic mass is 32.1. The molecule has 4 heteroatoms. The number of aryl methyl sites for hydroxylation is 1. The number of amides is 1. The Kier molecular flexibility index (Phi) is 4.94. The van der Waals surface area contributed by atoms with E-state index >= 15 is 0 Å². The van der Waals surface area contributed by atoms with Crippen LogP contribution in [0.2, 0.25) is 0 Å². The molecule has 0 fully saturated rings. The molecule has 1 heterocycles. The summed E-state index contributed by atoms with van der Waals surface area (Å²) in [6.45, 7) is 2.31. The van der Waals surface area contributed by atoms with Gasteiger partial charge in [-0.2, -0.15) is 0 Å². The maximum atomic E-state index is 11.9. The van der Waals surface area contributed by atoms with Crippen molar-refractivity contribution in [3.63, 3.8) is 0 Å². The van der Waals surface area contributed by atoms with Crippen molar-refractivity contribution >= 4 is 22.9 Å². The molecule has 0 bridgehead atoms. The van der Waals surface area contributed by atoms with Gasteiger partial charge in [0.15, 0.2) is 0 Å². The molecule has 0 atom stereocenters. The number of nitrogens with two attached hydrogens (primary N) is 1. The molecule has 0 saturated carbocycles. The number of rotatable bonds is 3. The molecule has 0 radical (unpaired) electrons. The van der Waals surface area contributed by atoms with Gasteiger partial charge in [-0.3, -0.25) is 4.79 Å². The van der Waals surface area contributed by atoms with Gasteiger partial charge in [-0.15, -0.1) is 11.3 Å². The highest BCUT2D eigenvalue weighted by Gasteiger charge is 2.06. The van der Waals surface area contributed by atoms with Crippen molar-refractivity contribution in [3.8, 4) is 11.8 Å². The zero-order valence-electron chi connectivity index (χ0n) is 11.3. The summed E-state index contributed by atoms with van der Waals surface area (Å²) in [5.41, 5.74) is 8.11. The fourth-order valence-electron chi connectivity index (χ4n) is 1.76. The third-order valence-electron chi connectivity index (χ3n) is 2.76. The van der Waals surface area contributed by atoms with Gasteiger partial charge in [0.05, 0.1) is 13.0 Å². The molecule has 1 amide bonds. The second-order valence-electron chi connectivity index (χ2n) is 4.34. The van der Waals surface area contributed by atoms with E-state index in [-0.39, 0.29) is 5.91 Å². The van der Waals surface area contributed by atoms with E-state index in [0.717, 1.165) is 21.7 Å². The fraction of sp³-hybridized carbons (Fsp3) is 0.188. The Bertz CT molecular complexity index is 651. The van der Waals surface area contributed by atoms with Gasteiger partial charge in [-0.05, 0) is 36.1 Å². The number of hydrogen-bond donors (Lipinski definition) is 2. The van der Waals surface area contributed by atoms with E-state index in [4.69, 9.17) is 5.73 Å². The van der Waals surface area contributed by atoms with Crippen molar-refractivity contribution in [3.05, 3.63) is 51.7 Å². The van der Waals surface area contributed by atoms with Gasteiger partial charge in [0, 0.05) is 16.1 Å². The third kappa shape index (κ3) is 3.95. The molecule has 2 rings (SSSR count). The van der Waals surface area contributed by atoms with Crippen LogP contribution in [-0.2, 0) is 11.2 Å². The number of carbonyl (C=O) groups excluding carboxylic acids is 1. The molecule has 1 aromatic carbocycles. The summed E-state index contributed by atoms with van der Waals surface area (Å²) in [6, 6.07) is 9.61. The molecule has 0 saturated heterocycles.